The van der Waals surface area contributed by atoms with Crippen molar-refractivity contribution >= 4 is 11.9 Å². The van der Waals surface area contributed by atoms with Crippen LogP contribution in [0.5, 0.6) is 0 Å². The van der Waals surface area contributed by atoms with E-state index in [1.54, 1.807) is 0 Å². The van der Waals surface area contributed by atoms with Crippen molar-refractivity contribution in [3.05, 3.63) is 34.9 Å². The molecule has 0 aliphatic heterocycles. The van der Waals surface area contributed by atoms with E-state index in [-0.39, 0.29) is 11.1 Å². The van der Waals surface area contributed by atoms with E-state index in [2.05, 4.69) is 0 Å². The molecule has 0 atom stereocenters. The summed E-state index contributed by atoms with van der Waals surface area (Å²) in [6.07, 6.45) is 3.28. The quantitative estimate of drug-likeness (QED) is 0.745. The third kappa shape index (κ3) is 3.31. The zero-order valence-electron chi connectivity index (χ0n) is 9.77. The summed E-state index contributed by atoms with van der Waals surface area (Å²) in [5.41, 5.74) is 0.628. The average Bonchev–Trinajstić information content (AvgIpc) is 2.28. The van der Waals surface area contributed by atoms with Crippen molar-refractivity contribution in [3.8, 4) is 0 Å². The maximum absolute atomic E-state index is 11.0. The lowest BCUT2D eigenvalue weighted by molar-refractivity contribution is 0.0695. The van der Waals surface area contributed by atoms with E-state index in [0.717, 1.165) is 19.3 Å². The topological polar surface area (TPSA) is 74.6 Å². The molecular weight excluding hydrogens is 220 g/mol. The normalized spacial score (nSPS) is 10.2. The van der Waals surface area contributed by atoms with Gasteiger partial charge in [0.25, 0.3) is 0 Å². The van der Waals surface area contributed by atoms with E-state index in [4.69, 9.17) is 10.2 Å². The highest BCUT2D eigenvalue weighted by Gasteiger charge is 2.17. The molecule has 0 radical (unpaired) electrons. The van der Waals surface area contributed by atoms with Gasteiger partial charge in [-0.15, -0.1) is 0 Å². The summed E-state index contributed by atoms with van der Waals surface area (Å²) in [5, 5.41) is 18.1. The molecule has 0 fully saturated rings. The number of benzene rings is 1. The molecule has 0 saturated carbocycles. The van der Waals surface area contributed by atoms with Gasteiger partial charge in [-0.1, -0.05) is 25.8 Å². The summed E-state index contributed by atoms with van der Waals surface area (Å²) in [6, 6.07) is 4.38. The van der Waals surface area contributed by atoms with Crippen molar-refractivity contribution in [2.75, 3.05) is 0 Å². The van der Waals surface area contributed by atoms with E-state index in [1.165, 1.54) is 18.2 Å². The fourth-order valence-electron chi connectivity index (χ4n) is 1.81. The Bertz CT molecular complexity index is 391. The number of hydrogen-bond acceptors (Lipinski definition) is 2. The minimum Gasteiger partial charge on any atom is -0.478 e. The van der Waals surface area contributed by atoms with Crippen LogP contribution in [0.25, 0.3) is 0 Å². The first-order chi connectivity index (χ1) is 8.07. The molecule has 4 nitrogen and oxygen atoms in total. The number of aromatic carboxylic acids is 2. The maximum atomic E-state index is 11.0. The van der Waals surface area contributed by atoms with Gasteiger partial charge < -0.3 is 10.2 Å². The van der Waals surface area contributed by atoms with Gasteiger partial charge in [-0.3, -0.25) is 0 Å². The molecule has 2 N–H and O–H groups in total. The average molecular weight is 236 g/mol. The van der Waals surface area contributed by atoms with Crippen LogP contribution in [0.1, 0.15) is 52.5 Å². The first kappa shape index (κ1) is 13.2. The van der Waals surface area contributed by atoms with E-state index < -0.39 is 11.9 Å². The number of carboxylic acids is 2. The number of carbonyl (C=O) groups is 2. The molecule has 4 heteroatoms. The predicted octanol–water partition coefficient (Wildman–Crippen LogP) is 2.82. The van der Waals surface area contributed by atoms with E-state index >= 15 is 0 Å². The third-order valence-electron chi connectivity index (χ3n) is 2.67. The summed E-state index contributed by atoms with van der Waals surface area (Å²) >= 11 is 0. The minimum atomic E-state index is -1.07. The highest BCUT2D eigenvalue weighted by molar-refractivity contribution is 5.96. The van der Waals surface area contributed by atoms with Crippen LogP contribution >= 0.6 is 0 Å². The molecule has 1 aromatic carbocycles. The Labute approximate surface area is 99.9 Å². The summed E-state index contributed by atoms with van der Waals surface area (Å²) in [4.78, 5) is 22.1. The van der Waals surface area contributed by atoms with Crippen molar-refractivity contribution in [2.24, 2.45) is 0 Å². The van der Waals surface area contributed by atoms with Crippen LogP contribution in [0.3, 0.4) is 0 Å². The molecule has 0 bridgehead atoms. The number of rotatable bonds is 6. The van der Waals surface area contributed by atoms with Gasteiger partial charge in [-0.05, 0) is 30.5 Å². The Balaban J connectivity index is 3.10. The summed E-state index contributed by atoms with van der Waals surface area (Å²) < 4.78 is 0. The Morgan fingerprint density at radius 3 is 2.00 bits per heavy atom. The van der Waals surface area contributed by atoms with Gasteiger partial charge in [0.1, 0.15) is 0 Å². The monoisotopic (exact) mass is 236 g/mol. The van der Waals surface area contributed by atoms with Crippen molar-refractivity contribution < 1.29 is 19.8 Å². The SMILES string of the molecule is CCCCCc1c(C(=O)O)cccc1C(=O)O. The second-order valence-corrected chi connectivity index (χ2v) is 3.90. The zero-order valence-corrected chi connectivity index (χ0v) is 9.77. The second-order valence-electron chi connectivity index (χ2n) is 3.90. The third-order valence-corrected chi connectivity index (χ3v) is 2.67. The van der Waals surface area contributed by atoms with Gasteiger partial charge >= 0.3 is 11.9 Å². The van der Waals surface area contributed by atoms with Gasteiger partial charge in [-0.25, -0.2) is 9.59 Å². The molecule has 0 heterocycles. The molecule has 92 valence electrons. The van der Waals surface area contributed by atoms with Gasteiger partial charge in [0.2, 0.25) is 0 Å². The highest BCUT2D eigenvalue weighted by Crippen LogP contribution is 2.18. The predicted molar refractivity (Wildman–Crippen MR) is 63.6 cm³/mol. The van der Waals surface area contributed by atoms with Gasteiger partial charge in [0.05, 0.1) is 11.1 Å². The molecule has 0 aromatic heterocycles. The Kier molecular flexibility index (Phi) is 4.69. The van der Waals surface area contributed by atoms with Crippen molar-refractivity contribution in [2.45, 2.75) is 32.6 Å². The molecular formula is C13H16O4. The van der Waals surface area contributed by atoms with E-state index in [1.807, 2.05) is 6.92 Å². The summed E-state index contributed by atoms with van der Waals surface area (Å²) in [7, 11) is 0. The first-order valence-electron chi connectivity index (χ1n) is 5.66. The molecule has 0 saturated heterocycles. The lowest BCUT2D eigenvalue weighted by Crippen LogP contribution is -2.09. The van der Waals surface area contributed by atoms with Gasteiger partial charge in [0.15, 0.2) is 0 Å². The van der Waals surface area contributed by atoms with Crippen molar-refractivity contribution in [3.63, 3.8) is 0 Å². The number of carboxylic acid groups (broad SMARTS) is 2. The largest absolute Gasteiger partial charge is 0.478 e. The standard InChI is InChI=1S/C13H16O4/c1-2-3-4-6-9-10(12(14)15)7-5-8-11(9)13(16)17/h5,7-8H,2-4,6H2,1H3,(H,14,15)(H,16,17). The maximum Gasteiger partial charge on any atom is 0.335 e. The molecule has 17 heavy (non-hydrogen) atoms. The van der Waals surface area contributed by atoms with E-state index in [9.17, 15) is 9.59 Å². The van der Waals surface area contributed by atoms with Crippen LogP contribution in [0.4, 0.5) is 0 Å². The fraction of sp³-hybridized carbons (Fsp3) is 0.385. The number of unbranched alkanes of at least 4 members (excludes halogenated alkanes) is 2. The summed E-state index contributed by atoms with van der Waals surface area (Å²) in [6.45, 7) is 2.04. The molecule has 0 spiro atoms. The lowest BCUT2D eigenvalue weighted by Gasteiger charge is -2.09. The fourth-order valence-corrected chi connectivity index (χ4v) is 1.81. The van der Waals surface area contributed by atoms with Crippen LogP contribution in [-0.4, -0.2) is 22.2 Å². The summed E-state index contributed by atoms with van der Waals surface area (Å²) in [5.74, 6) is -2.14. The first-order valence-corrected chi connectivity index (χ1v) is 5.66. The Hall–Kier alpha value is -1.84. The second kappa shape index (κ2) is 6.03. The highest BCUT2D eigenvalue weighted by atomic mass is 16.4. The minimum absolute atomic E-state index is 0.0982. The van der Waals surface area contributed by atoms with E-state index in [0.29, 0.717) is 12.0 Å². The van der Waals surface area contributed by atoms with Crippen LogP contribution in [0.15, 0.2) is 18.2 Å². The molecule has 1 rings (SSSR count). The van der Waals surface area contributed by atoms with Crippen LogP contribution in [-0.2, 0) is 6.42 Å². The molecule has 0 aliphatic rings. The van der Waals surface area contributed by atoms with Crippen LogP contribution in [0.2, 0.25) is 0 Å². The molecule has 0 unspecified atom stereocenters. The van der Waals surface area contributed by atoms with Crippen LogP contribution in [0, 0.1) is 0 Å². The lowest BCUT2D eigenvalue weighted by atomic mass is 9.96. The molecule has 0 amide bonds. The van der Waals surface area contributed by atoms with Crippen molar-refractivity contribution in [1.29, 1.82) is 0 Å². The molecule has 0 aliphatic carbocycles. The smallest absolute Gasteiger partial charge is 0.335 e. The number of hydrogen-bond donors (Lipinski definition) is 2. The van der Waals surface area contributed by atoms with Crippen LogP contribution < -0.4 is 0 Å². The Morgan fingerprint density at radius 2 is 1.59 bits per heavy atom. The van der Waals surface area contributed by atoms with Crippen molar-refractivity contribution in [1.82, 2.24) is 0 Å². The van der Waals surface area contributed by atoms with Gasteiger partial charge in [-0.2, -0.15) is 0 Å². The van der Waals surface area contributed by atoms with Gasteiger partial charge in [0, 0.05) is 0 Å². The molecule has 1 aromatic rings. The zero-order chi connectivity index (χ0) is 12.8. The Morgan fingerprint density at radius 1 is 1.06 bits per heavy atom.